The Hall–Kier alpha value is -0.300. The van der Waals surface area contributed by atoms with E-state index in [0.717, 1.165) is 11.4 Å². The van der Waals surface area contributed by atoms with Crippen molar-refractivity contribution in [2.45, 2.75) is 19.9 Å². The average molecular weight is 269 g/mol. The Morgan fingerprint density at radius 3 is 2.80 bits per heavy atom. The molecule has 0 aliphatic heterocycles. The van der Waals surface area contributed by atoms with Gasteiger partial charge in [-0.1, -0.05) is 18.3 Å². The van der Waals surface area contributed by atoms with Crippen molar-refractivity contribution in [3.8, 4) is 0 Å². The number of nitrogens with zero attached hydrogens (tertiary/aromatic N) is 2. The van der Waals surface area contributed by atoms with Crippen molar-refractivity contribution in [3.05, 3.63) is 9.81 Å². The van der Waals surface area contributed by atoms with Gasteiger partial charge in [0.05, 0.1) is 12.3 Å². The van der Waals surface area contributed by atoms with Gasteiger partial charge in [-0.05, 0) is 6.42 Å². The van der Waals surface area contributed by atoms with Gasteiger partial charge in [0.1, 0.15) is 13.0 Å². The van der Waals surface area contributed by atoms with Crippen molar-refractivity contribution in [1.29, 1.82) is 5.41 Å². The van der Waals surface area contributed by atoms with E-state index in [2.05, 4.69) is 5.10 Å². The minimum atomic E-state index is -3.39. The molecule has 1 heterocycles. The van der Waals surface area contributed by atoms with E-state index in [-0.39, 0.29) is 17.1 Å². The van der Waals surface area contributed by atoms with Gasteiger partial charge in [0.2, 0.25) is 0 Å². The normalized spacial score (nSPS) is 12.7. The standard InChI is InChI=1S/C6H12N3O3PS2/c1-2-5-8-9(6(7)14-5)3-4-15(11,12)13-10/h7,10,13H,2-4H2,1H3. The molecule has 1 aromatic rings. The van der Waals surface area contributed by atoms with E-state index in [9.17, 15) is 8.42 Å². The van der Waals surface area contributed by atoms with Crippen LogP contribution in [-0.4, -0.2) is 28.8 Å². The van der Waals surface area contributed by atoms with E-state index in [1.165, 1.54) is 16.0 Å². The molecule has 9 heteroatoms. The predicted octanol–water partition coefficient (Wildman–Crippen LogP) is -0.0979. The van der Waals surface area contributed by atoms with Gasteiger partial charge in [-0.25, -0.2) is 13.1 Å². The van der Waals surface area contributed by atoms with Crippen LogP contribution in [0, 0.1) is 5.41 Å². The topological polar surface area (TPSA) is 96.0 Å². The summed E-state index contributed by atoms with van der Waals surface area (Å²) in [5.41, 5.74) is 0. The third-order valence-electron chi connectivity index (χ3n) is 1.69. The second kappa shape index (κ2) is 5.16. The maximum absolute atomic E-state index is 11.0. The van der Waals surface area contributed by atoms with Crippen LogP contribution in [0.5, 0.6) is 0 Å². The maximum Gasteiger partial charge on any atom is 0.200 e. The van der Waals surface area contributed by atoms with Gasteiger partial charge in [0, 0.05) is 0 Å². The van der Waals surface area contributed by atoms with Crippen LogP contribution < -0.4 is 4.80 Å². The zero-order chi connectivity index (χ0) is 11.5. The van der Waals surface area contributed by atoms with Crippen LogP contribution in [0.25, 0.3) is 0 Å². The summed E-state index contributed by atoms with van der Waals surface area (Å²) < 4.78 is 23.4. The van der Waals surface area contributed by atoms with Crippen LogP contribution >= 0.6 is 19.3 Å². The summed E-state index contributed by atoms with van der Waals surface area (Å²) in [6.45, 7) is 2.06. The molecule has 15 heavy (non-hydrogen) atoms. The summed E-state index contributed by atoms with van der Waals surface area (Å²) >= 11 is 1.24. The van der Waals surface area contributed by atoms with Crippen molar-refractivity contribution in [2.75, 3.05) is 5.75 Å². The minimum Gasteiger partial charge on any atom is -0.362 e. The molecule has 1 aromatic heterocycles. The monoisotopic (exact) mass is 269 g/mol. The van der Waals surface area contributed by atoms with Crippen LogP contribution in [0.2, 0.25) is 0 Å². The summed E-state index contributed by atoms with van der Waals surface area (Å²) in [6, 6.07) is 0. The molecular formula is C6H12N3O3PS2. The molecule has 86 valence electrons. The van der Waals surface area contributed by atoms with Crippen LogP contribution in [0.15, 0.2) is 0 Å². The Kier molecular flexibility index (Phi) is 4.39. The maximum atomic E-state index is 11.0. The van der Waals surface area contributed by atoms with Gasteiger partial charge in [-0.3, -0.25) is 5.41 Å². The van der Waals surface area contributed by atoms with Crippen LogP contribution in [0.4, 0.5) is 0 Å². The summed E-state index contributed by atoms with van der Waals surface area (Å²) in [4.78, 5) is 8.80. The van der Waals surface area contributed by atoms with Crippen molar-refractivity contribution in [3.63, 3.8) is 0 Å². The molecule has 0 aromatic carbocycles. The van der Waals surface area contributed by atoms with Crippen molar-refractivity contribution in [2.24, 2.45) is 0 Å². The number of aryl methyl sites for hydroxylation is 2. The number of hydrogen-bond donors (Lipinski definition) is 2. The highest BCUT2D eigenvalue weighted by molar-refractivity contribution is 8.41. The van der Waals surface area contributed by atoms with Gasteiger partial charge in [-0.15, -0.1) is 0 Å². The molecule has 2 N–H and O–H groups in total. The van der Waals surface area contributed by atoms with E-state index in [4.69, 9.17) is 10.3 Å². The summed E-state index contributed by atoms with van der Waals surface area (Å²) in [6.07, 6.45) is 0.734. The van der Waals surface area contributed by atoms with E-state index in [1.807, 2.05) is 6.92 Å². The molecule has 0 amide bonds. The molecule has 0 aliphatic rings. The lowest BCUT2D eigenvalue weighted by molar-refractivity contribution is 0.576. The van der Waals surface area contributed by atoms with E-state index in [0.29, 0.717) is 0 Å². The summed E-state index contributed by atoms with van der Waals surface area (Å²) in [5, 5.41) is 12.4. The van der Waals surface area contributed by atoms with Gasteiger partial charge in [0.15, 0.2) is 14.3 Å². The first-order chi connectivity index (χ1) is 6.98. The van der Waals surface area contributed by atoms with Crippen molar-refractivity contribution >= 4 is 28.8 Å². The quantitative estimate of drug-likeness (QED) is 0.730. The zero-order valence-corrected chi connectivity index (χ0v) is 10.7. The second-order valence-electron chi connectivity index (χ2n) is 2.79. The third-order valence-corrected chi connectivity index (χ3v) is 5.15. The number of rotatable bonds is 5. The van der Waals surface area contributed by atoms with Gasteiger partial charge in [-0.2, -0.15) is 5.10 Å². The fraction of sp³-hybridized carbons (Fsp3) is 0.667. The minimum absolute atomic E-state index is 0.130. The first kappa shape index (κ1) is 12.8. The first-order valence-corrected chi connectivity index (χ1v) is 8.37. The predicted molar refractivity (Wildman–Crippen MR) is 59.7 cm³/mol. The number of aromatic nitrogens is 2. The molecule has 0 aliphatic carbocycles. The fourth-order valence-corrected chi connectivity index (χ4v) is 2.71. The molecule has 0 saturated heterocycles. The molecule has 0 spiro atoms. The molecule has 0 saturated carbocycles. The average Bonchev–Trinajstić information content (AvgIpc) is 2.57. The van der Waals surface area contributed by atoms with Crippen LogP contribution in [0.3, 0.4) is 0 Å². The van der Waals surface area contributed by atoms with E-state index >= 15 is 0 Å². The fourth-order valence-electron chi connectivity index (χ4n) is 0.911. The van der Waals surface area contributed by atoms with Crippen LogP contribution in [-0.2, 0) is 22.4 Å². The molecule has 6 nitrogen and oxygen atoms in total. The largest absolute Gasteiger partial charge is 0.362 e. The molecule has 1 unspecified atom stereocenters. The van der Waals surface area contributed by atoms with Gasteiger partial charge in [0.25, 0.3) is 0 Å². The summed E-state index contributed by atoms with van der Waals surface area (Å²) in [5.74, 6) is -0.175. The molecule has 0 radical (unpaired) electrons. The van der Waals surface area contributed by atoms with E-state index in [1.54, 1.807) is 0 Å². The number of hydrogen-bond acceptors (Lipinski definition) is 6. The Morgan fingerprint density at radius 1 is 1.67 bits per heavy atom. The smallest absolute Gasteiger partial charge is 0.200 e. The van der Waals surface area contributed by atoms with Crippen LogP contribution in [0.1, 0.15) is 11.9 Å². The lowest BCUT2D eigenvalue weighted by atomic mass is 10.5. The second-order valence-corrected chi connectivity index (χ2v) is 8.08. The molecule has 0 fully saturated rings. The lowest BCUT2D eigenvalue weighted by Gasteiger charge is -2.00. The third kappa shape index (κ3) is 3.64. The van der Waals surface area contributed by atoms with Gasteiger partial charge < -0.3 is 4.89 Å². The Labute approximate surface area is 93.0 Å². The Bertz CT molecular complexity index is 478. The molecule has 1 rings (SSSR count). The lowest BCUT2D eigenvalue weighted by Crippen LogP contribution is -2.19. The first-order valence-electron chi connectivity index (χ1n) is 4.23. The zero-order valence-electron chi connectivity index (χ0n) is 8.10. The Morgan fingerprint density at radius 2 is 2.33 bits per heavy atom. The van der Waals surface area contributed by atoms with Crippen molar-refractivity contribution in [1.82, 2.24) is 9.78 Å². The number of nitrogens with one attached hydrogen (secondary N) is 1. The van der Waals surface area contributed by atoms with Gasteiger partial charge >= 0.3 is 0 Å². The molecular weight excluding hydrogens is 257 g/mol. The highest BCUT2D eigenvalue weighted by Gasteiger charge is 2.10. The highest BCUT2D eigenvalue weighted by Crippen LogP contribution is 2.15. The highest BCUT2D eigenvalue weighted by atomic mass is 32.8. The molecule has 1 atom stereocenters. The Balaban J connectivity index is 2.74. The van der Waals surface area contributed by atoms with E-state index < -0.39 is 17.5 Å². The van der Waals surface area contributed by atoms with Crippen molar-refractivity contribution < 1.29 is 13.3 Å². The molecule has 0 bridgehead atoms. The SMILES string of the molecule is CCc1nn(CCS(=O)(=O)PO)c(=N)s1. The summed E-state index contributed by atoms with van der Waals surface area (Å²) in [7, 11) is -4.47.